The van der Waals surface area contributed by atoms with Gasteiger partial charge in [0, 0.05) is 15.7 Å². The fourth-order valence-corrected chi connectivity index (χ4v) is 2.01. The van der Waals surface area contributed by atoms with Crippen molar-refractivity contribution in [2.24, 2.45) is 0 Å². The number of hydrogen-bond donors (Lipinski definition) is 2. The molecule has 19 heavy (non-hydrogen) atoms. The van der Waals surface area contributed by atoms with Gasteiger partial charge in [0.15, 0.2) is 0 Å². The van der Waals surface area contributed by atoms with E-state index in [9.17, 15) is 4.79 Å². The van der Waals surface area contributed by atoms with Crippen LogP contribution in [-0.2, 0) is 0 Å². The summed E-state index contributed by atoms with van der Waals surface area (Å²) in [6, 6.07) is 14.7. The summed E-state index contributed by atoms with van der Waals surface area (Å²) in [6.07, 6.45) is 0. The predicted octanol–water partition coefficient (Wildman–Crippen LogP) is 3.52. The van der Waals surface area contributed by atoms with Crippen molar-refractivity contribution in [3.63, 3.8) is 0 Å². The van der Waals surface area contributed by atoms with Crippen LogP contribution in [0.1, 0.15) is 28.9 Å². The predicted molar refractivity (Wildman–Crippen MR) is 80.9 cm³/mol. The number of rotatable bonds is 3. The van der Waals surface area contributed by atoms with Crippen LogP contribution in [0.25, 0.3) is 0 Å². The van der Waals surface area contributed by atoms with Crippen LogP contribution in [0.15, 0.2) is 53.0 Å². The number of hydrogen-bond acceptors (Lipinski definition) is 2. The molecule has 0 unspecified atom stereocenters. The Labute approximate surface area is 121 Å². The van der Waals surface area contributed by atoms with E-state index in [4.69, 9.17) is 5.73 Å². The number of carbonyl (C=O) groups is 1. The van der Waals surface area contributed by atoms with E-state index in [-0.39, 0.29) is 11.9 Å². The first kappa shape index (κ1) is 13.6. The second kappa shape index (κ2) is 5.89. The monoisotopic (exact) mass is 318 g/mol. The minimum atomic E-state index is -0.101. The highest BCUT2D eigenvalue weighted by molar-refractivity contribution is 9.10. The zero-order valence-electron chi connectivity index (χ0n) is 10.6. The highest BCUT2D eigenvalue weighted by Gasteiger charge is 2.11. The minimum Gasteiger partial charge on any atom is -0.399 e. The van der Waals surface area contributed by atoms with Gasteiger partial charge in [-0.25, -0.2) is 0 Å². The van der Waals surface area contributed by atoms with Crippen molar-refractivity contribution in [2.45, 2.75) is 13.0 Å². The zero-order valence-corrected chi connectivity index (χ0v) is 12.1. The summed E-state index contributed by atoms with van der Waals surface area (Å²) < 4.78 is 1.02. The lowest BCUT2D eigenvalue weighted by Gasteiger charge is -2.14. The van der Waals surface area contributed by atoms with Gasteiger partial charge in [0.25, 0.3) is 5.91 Å². The fourth-order valence-electron chi connectivity index (χ4n) is 1.75. The molecule has 4 heteroatoms. The number of carbonyl (C=O) groups excluding carboxylic acids is 1. The maximum absolute atomic E-state index is 12.0. The topological polar surface area (TPSA) is 55.1 Å². The van der Waals surface area contributed by atoms with E-state index in [1.807, 2.05) is 31.2 Å². The van der Waals surface area contributed by atoms with Crippen LogP contribution in [0.2, 0.25) is 0 Å². The SMILES string of the molecule is C[C@H](NC(=O)c1ccc(N)cc1)c1ccc(Br)cc1. The summed E-state index contributed by atoms with van der Waals surface area (Å²) >= 11 is 3.39. The molecule has 0 radical (unpaired) electrons. The molecule has 0 bridgehead atoms. The molecule has 3 nitrogen and oxygen atoms in total. The van der Waals surface area contributed by atoms with E-state index in [1.165, 1.54) is 0 Å². The number of benzene rings is 2. The molecule has 98 valence electrons. The van der Waals surface area contributed by atoms with Crippen molar-refractivity contribution in [3.05, 3.63) is 64.1 Å². The van der Waals surface area contributed by atoms with Gasteiger partial charge in [-0.05, 0) is 48.9 Å². The molecule has 0 spiro atoms. The standard InChI is InChI=1S/C15H15BrN2O/c1-10(11-2-6-13(16)7-3-11)18-15(19)12-4-8-14(17)9-5-12/h2-10H,17H2,1H3,(H,18,19)/t10-/m0/s1. The van der Waals surface area contributed by atoms with Gasteiger partial charge < -0.3 is 11.1 Å². The zero-order chi connectivity index (χ0) is 13.8. The molecule has 1 amide bonds. The highest BCUT2D eigenvalue weighted by atomic mass is 79.9. The van der Waals surface area contributed by atoms with Crippen LogP contribution in [0, 0.1) is 0 Å². The molecule has 2 rings (SSSR count). The third-order valence-electron chi connectivity index (χ3n) is 2.89. The molecule has 0 aromatic heterocycles. The molecule has 2 aromatic carbocycles. The Morgan fingerprint density at radius 1 is 1.11 bits per heavy atom. The highest BCUT2D eigenvalue weighted by Crippen LogP contribution is 2.17. The number of nitrogen functional groups attached to an aromatic ring is 1. The van der Waals surface area contributed by atoms with Gasteiger partial charge in [-0.1, -0.05) is 28.1 Å². The van der Waals surface area contributed by atoms with Crippen molar-refractivity contribution < 1.29 is 4.79 Å². The first-order valence-electron chi connectivity index (χ1n) is 5.98. The van der Waals surface area contributed by atoms with Crippen LogP contribution in [0.3, 0.4) is 0 Å². The number of amides is 1. The number of nitrogens with two attached hydrogens (primary N) is 1. The average molecular weight is 319 g/mol. The maximum atomic E-state index is 12.0. The molecule has 0 saturated heterocycles. The second-order valence-electron chi connectivity index (χ2n) is 4.37. The molecule has 0 heterocycles. The molecule has 0 fully saturated rings. The van der Waals surface area contributed by atoms with Gasteiger partial charge >= 0.3 is 0 Å². The van der Waals surface area contributed by atoms with Gasteiger partial charge in [0.1, 0.15) is 0 Å². The van der Waals surface area contributed by atoms with Crippen LogP contribution >= 0.6 is 15.9 Å². The van der Waals surface area contributed by atoms with Gasteiger partial charge in [0.05, 0.1) is 6.04 Å². The summed E-state index contributed by atoms with van der Waals surface area (Å²) in [5.74, 6) is -0.101. The Balaban J connectivity index is 2.06. The van der Waals surface area contributed by atoms with Crippen molar-refractivity contribution in [1.82, 2.24) is 5.32 Å². The summed E-state index contributed by atoms with van der Waals surface area (Å²) in [6.45, 7) is 1.96. The van der Waals surface area contributed by atoms with Crippen LogP contribution in [0.4, 0.5) is 5.69 Å². The van der Waals surface area contributed by atoms with Crippen molar-refractivity contribution in [1.29, 1.82) is 0 Å². The van der Waals surface area contributed by atoms with E-state index >= 15 is 0 Å². The largest absolute Gasteiger partial charge is 0.399 e. The number of halogens is 1. The Kier molecular flexibility index (Phi) is 4.22. The van der Waals surface area contributed by atoms with Crippen LogP contribution in [0.5, 0.6) is 0 Å². The smallest absolute Gasteiger partial charge is 0.251 e. The number of anilines is 1. The molecule has 0 aliphatic heterocycles. The minimum absolute atomic E-state index is 0.0434. The lowest BCUT2D eigenvalue weighted by atomic mass is 10.1. The van der Waals surface area contributed by atoms with E-state index in [0.29, 0.717) is 11.3 Å². The van der Waals surface area contributed by atoms with E-state index in [0.717, 1.165) is 10.0 Å². The van der Waals surface area contributed by atoms with Crippen LogP contribution < -0.4 is 11.1 Å². The summed E-state index contributed by atoms with van der Waals surface area (Å²) in [5, 5.41) is 2.96. The molecule has 1 atom stereocenters. The molecule has 0 aliphatic rings. The van der Waals surface area contributed by atoms with Gasteiger partial charge in [-0.15, -0.1) is 0 Å². The lowest BCUT2D eigenvalue weighted by Crippen LogP contribution is -2.26. The normalized spacial score (nSPS) is 11.9. The summed E-state index contributed by atoms with van der Waals surface area (Å²) in [5.41, 5.74) is 7.92. The van der Waals surface area contributed by atoms with Gasteiger partial charge in [-0.3, -0.25) is 4.79 Å². The van der Waals surface area contributed by atoms with Crippen molar-refractivity contribution in [2.75, 3.05) is 5.73 Å². The van der Waals surface area contributed by atoms with Crippen LogP contribution in [-0.4, -0.2) is 5.91 Å². The first-order chi connectivity index (χ1) is 9.06. The molecular weight excluding hydrogens is 304 g/mol. The molecule has 0 saturated carbocycles. The van der Waals surface area contributed by atoms with Gasteiger partial charge in [-0.2, -0.15) is 0 Å². The fraction of sp³-hybridized carbons (Fsp3) is 0.133. The quantitative estimate of drug-likeness (QED) is 0.851. The molecule has 0 aliphatic carbocycles. The second-order valence-corrected chi connectivity index (χ2v) is 5.28. The first-order valence-corrected chi connectivity index (χ1v) is 6.77. The lowest BCUT2D eigenvalue weighted by molar-refractivity contribution is 0.0940. The summed E-state index contributed by atoms with van der Waals surface area (Å²) in [7, 11) is 0. The van der Waals surface area contributed by atoms with Crippen molar-refractivity contribution >= 4 is 27.5 Å². The molecule has 2 aromatic rings. The van der Waals surface area contributed by atoms with E-state index in [2.05, 4.69) is 21.2 Å². The molecular formula is C15H15BrN2O. The number of nitrogens with one attached hydrogen (secondary N) is 1. The van der Waals surface area contributed by atoms with E-state index in [1.54, 1.807) is 24.3 Å². The van der Waals surface area contributed by atoms with E-state index < -0.39 is 0 Å². The van der Waals surface area contributed by atoms with Crippen molar-refractivity contribution in [3.8, 4) is 0 Å². The maximum Gasteiger partial charge on any atom is 0.251 e. The Bertz CT molecular complexity index is 564. The Morgan fingerprint density at radius 2 is 1.68 bits per heavy atom. The average Bonchev–Trinajstić information content (AvgIpc) is 2.40. The third kappa shape index (κ3) is 3.58. The Hall–Kier alpha value is -1.81. The summed E-state index contributed by atoms with van der Waals surface area (Å²) in [4.78, 5) is 12.0. The van der Waals surface area contributed by atoms with Gasteiger partial charge in [0.2, 0.25) is 0 Å². The molecule has 3 N–H and O–H groups in total. The Morgan fingerprint density at radius 3 is 2.26 bits per heavy atom. The third-order valence-corrected chi connectivity index (χ3v) is 3.42.